The van der Waals surface area contributed by atoms with Gasteiger partial charge in [-0.2, -0.15) is 0 Å². The maximum Gasteiger partial charge on any atom is 0.410 e. The quantitative estimate of drug-likeness (QED) is 0.633. The van der Waals surface area contributed by atoms with Gasteiger partial charge in [0, 0.05) is 37.7 Å². The zero-order chi connectivity index (χ0) is 19.1. The van der Waals surface area contributed by atoms with Crippen molar-refractivity contribution in [1.29, 1.82) is 0 Å². The third-order valence-corrected chi connectivity index (χ3v) is 4.94. The molecule has 0 bridgehead atoms. The predicted octanol–water partition coefficient (Wildman–Crippen LogP) is 2.41. The van der Waals surface area contributed by atoms with E-state index in [1.54, 1.807) is 11.0 Å². The van der Waals surface area contributed by atoms with Crippen LogP contribution in [0.15, 0.2) is 12.1 Å². The van der Waals surface area contributed by atoms with Gasteiger partial charge in [0.25, 0.3) is 0 Å². The Morgan fingerprint density at radius 1 is 1.31 bits per heavy atom. The molecular formula is C17H25N5O4. The van der Waals surface area contributed by atoms with Crippen LogP contribution in [0.5, 0.6) is 0 Å². The largest absolute Gasteiger partial charge is 0.444 e. The van der Waals surface area contributed by atoms with Gasteiger partial charge in [-0.15, -0.1) is 0 Å². The molecule has 26 heavy (non-hydrogen) atoms. The van der Waals surface area contributed by atoms with Crippen molar-refractivity contribution in [1.82, 2.24) is 9.88 Å². The van der Waals surface area contributed by atoms with E-state index < -0.39 is 10.5 Å². The van der Waals surface area contributed by atoms with Gasteiger partial charge in [0.15, 0.2) is 0 Å². The molecule has 2 saturated heterocycles. The number of hydrogen-bond donors (Lipinski definition) is 1. The summed E-state index contributed by atoms with van der Waals surface area (Å²) in [6.45, 7) is 8.44. The van der Waals surface area contributed by atoms with Crippen LogP contribution < -0.4 is 10.6 Å². The third-order valence-electron chi connectivity index (χ3n) is 4.94. The second kappa shape index (κ2) is 6.30. The minimum atomic E-state index is -0.534. The number of amides is 1. The van der Waals surface area contributed by atoms with Gasteiger partial charge >= 0.3 is 11.8 Å². The number of likely N-dealkylation sites (tertiary alicyclic amines) is 1. The average Bonchev–Trinajstić information content (AvgIpc) is 3.13. The molecule has 0 aliphatic carbocycles. The van der Waals surface area contributed by atoms with Gasteiger partial charge in [0.2, 0.25) is 5.82 Å². The summed E-state index contributed by atoms with van der Waals surface area (Å²) in [7, 11) is 0. The molecule has 9 nitrogen and oxygen atoms in total. The smallest absolute Gasteiger partial charge is 0.410 e. The summed E-state index contributed by atoms with van der Waals surface area (Å²) < 4.78 is 5.47. The Kier molecular flexibility index (Phi) is 4.41. The molecule has 9 heteroatoms. The normalized spacial score (nSPS) is 22.9. The number of carbonyl (C=O) groups excluding carboxylic acids is 1. The van der Waals surface area contributed by atoms with Crippen molar-refractivity contribution < 1.29 is 14.5 Å². The minimum absolute atomic E-state index is 0.00905. The maximum atomic E-state index is 12.3. The summed E-state index contributed by atoms with van der Waals surface area (Å²) in [5.41, 5.74) is 5.03. The van der Waals surface area contributed by atoms with Crippen molar-refractivity contribution >= 4 is 23.4 Å². The second-order valence-corrected chi connectivity index (χ2v) is 8.15. The van der Waals surface area contributed by atoms with Gasteiger partial charge in [0.05, 0.1) is 4.92 Å². The molecule has 0 saturated carbocycles. The van der Waals surface area contributed by atoms with Crippen molar-refractivity contribution in [3.63, 3.8) is 0 Å². The van der Waals surface area contributed by atoms with E-state index in [-0.39, 0.29) is 23.0 Å². The molecule has 142 valence electrons. The Morgan fingerprint density at radius 2 is 2.00 bits per heavy atom. The van der Waals surface area contributed by atoms with Gasteiger partial charge in [0.1, 0.15) is 11.4 Å². The minimum Gasteiger partial charge on any atom is -0.444 e. The van der Waals surface area contributed by atoms with E-state index in [1.807, 2.05) is 20.8 Å². The summed E-state index contributed by atoms with van der Waals surface area (Å²) in [5, 5.41) is 10.9. The molecule has 1 aromatic rings. The first-order chi connectivity index (χ1) is 12.1. The van der Waals surface area contributed by atoms with Gasteiger partial charge < -0.3 is 20.3 Å². The molecule has 2 fully saturated rings. The van der Waals surface area contributed by atoms with Crippen molar-refractivity contribution in [2.45, 2.75) is 39.2 Å². The highest BCUT2D eigenvalue weighted by molar-refractivity contribution is 5.68. The molecule has 1 atom stereocenters. The zero-order valence-electron chi connectivity index (χ0n) is 15.4. The summed E-state index contributed by atoms with van der Waals surface area (Å²) in [5.74, 6) is 0.566. The SMILES string of the molecule is CC(C)(C)OC(=O)N1CCC2(CCN(c3ccc([N+](=O)[O-])c(N)n3)C2)C1. The number of nitrogens with two attached hydrogens (primary N) is 1. The van der Waals surface area contributed by atoms with Crippen LogP contribution in [-0.2, 0) is 4.74 Å². The van der Waals surface area contributed by atoms with Crippen LogP contribution in [-0.4, -0.2) is 52.7 Å². The number of pyridine rings is 1. The summed E-state index contributed by atoms with van der Waals surface area (Å²) in [6, 6.07) is 3.03. The van der Waals surface area contributed by atoms with Crippen molar-refractivity contribution in [2.24, 2.45) is 5.41 Å². The summed E-state index contributed by atoms with van der Waals surface area (Å²) in [4.78, 5) is 30.7. The van der Waals surface area contributed by atoms with E-state index in [2.05, 4.69) is 9.88 Å². The number of aromatic nitrogens is 1. The lowest BCUT2D eigenvalue weighted by molar-refractivity contribution is -0.384. The van der Waals surface area contributed by atoms with E-state index in [1.165, 1.54) is 6.07 Å². The van der Waals surface area contributed by atoms with E-state index in [4.69, 9.17) is 10.5 Å². The lowest BCUT2D eigenvalue weighted by atomic mass is 9.86. The summed E-state index contributed by atoms with van der Waals surface area (Å²) >= 11 is 0. The van der Waals surface area contributed by atoms with Crippen LogP contribution in [0.2, 0.25) is 0 Å². The van der Waals surface area contributed by atoms with E-state index in [0.29, 0.717) is 18.9 Å². The van der Waals surface area contributed by atoms with Gasteiger partial charge in [-0.3, -0.25) is 10.1 Å². The topological polar surface area (TPSA) is 115 Å². The molecule has 2 aliphatic rings. The van der Waals surface area contributed by atoms with Crippen molar-refractivity contribution in [3.05, 3.63) is 22.2 Å². The first-order valence-corrected chi connectivity index (χ1v) is 8.72. The molecule has 1 spiro atoms. The fraction of sp³-hybridized carbons (Fsp3) is 0.647. The molecule has 2 N–H and O–H groups in total. The van der Waals surface area contributed by atoms with Gasteiger partial charge in [-0.05, 0) is 39.7 Å². The van der Waals surface area contributed by atoms with E-state index in [0.717, 1.165) is 25.9 Å². The number of nitrogens with zero attached hydrogens (tertiary/aromatic N) is 4. The molecule has 1 unspecified atom stereocenters. The van der Waals surface area contributed by atoms with E-state index in [9.17, 15) is 14.9 Å². The number of nitrogen functional groups attached to an aromatic ring is 1. The predicted molar refractivity (Wildman–Crippen MR) is 97.0 cm³/mol. The fourth-order valence-corrected chi connectivity index (χ4v) is 3.67. The van der Waals surface area contributed by atoms with E-state index >= 15 is 0 Å². The highest BCUT2D eigenvalue weighted by atomic mass is 16.6. The highest BCUT2D eigenvalue weighted by Crippen LogP contribution is 2.41. The van der Waals surface area contributed by atoms with Crippen LogP contribution in [0.25, 0.3) is 0 Å². The Balaban J connectivity index is 1.66. The zero-order valence-corrected chi connectivity index (χ0v) is 15.4. The van der Waals surface area contributed by atoms with Crippen LogP contribution in [0, 0.1) is 15.5 Å². The molecule has 0 aromatic carbocycles. The van der Waals surface area contributed by atoms with Crippen LogP contribution in [0.3, 0.4) is 0 Å². The first-order valence-electron chi connectivity index (χ1n) is 8.72. The Labute approximate surface area is 152 Å². The molecular weight excluding hydrogens is 338 g/mol. The summed E-state index contributed by atoms with van der Waals surface area (Å²) in [6.07, 6.45) is 1.57. The standard InChI is InChI=1S/C17H25N5O4/c1-16(2,3)26-15(23)21-9-7-17(11-21)6-8-20(10-17)13-5-4-12(22(24)25)14(18)19-13/h4-5H,6-11H2,1-3H3,(H2,18,19). The number of nitro groups is 1. The van der Waals surface area contributed by atoms with Crippen molar-refractivity contribution in [2.75, 3.05) is 36.8 Å². The monoisotopic (exact) mass is 363 g/mol. The second-order valence-electron chi connectivity index (χ2n) is 8.15. The Morgan fingerprint density at radius 3 is 2.62 bits per heavy atom. The van der Waals surface area contributed by atoms with Crippen LogP contribution >= 0.6 is 0 Å². The van der Waals surface area contributed by atoms with Gasteiger partial charge in [-0.1, -0.05) is 0 Å². The Hall–Kier alpha value is -2.58. The fourth-order valence-electron chi connectivity index (χ4n) is 3.67. The third kappa shape index (κ3) is 3.66. The molecule has 1 aromatic heterocycles. The molecule has 0 radical (unpaired) electrons. The number of anilines is 2. The maximum absolute atomic E-state index is 12.3. The highest BCUT2D eigenvalue weighted by Gasteiger charge is 2.46. The van der Waals surface area contributed by atoms with Gasteiger partial charge in [-0.25, -0.2) is 9.78 Å². The Bertz CT molecular complexity index is 732. The molecule has 2 aliphatic heterocycles. The first kappa shape index (κ1) is 18.2. The van der Waals surface area contributed by atoms with Crippen molar-refractivity contribution in [3.8, 4) is 0 Å². The lowest BCUT2D eigenvalue weighted by Crippen LogP contribution is -2.37. The van der Waals surface area contributed by atoms with Crippen LogP contribution in [0.4, 0.5) is 22.1 Å². The lowest BCUT2D eigenvalue weighted by Gasteiger charge is -2.27. The number of ether oxygens (including phenoxy) is 1. The molecule has 1 amide bonds. The van der Waals surface area contributed by atoms with Crippen LogP contribution in [0.1, 0.15) is 33.6 Å². The number of hydrogen-bond acceptors (Lipinski definition) is 7. The number of rotatable bonds is 2. The average molecular weight is 363 g/mol. The molecule has 3 heterocycles. The molecule has 3 rings (SSSR count). The number of carbonyl (C=O) groups is 1.